The van der Waals surface area contributed by atoms with Crippen LogP contribution in [0.2, 0.25) is 0 Å². The summed E-state index contributed by atoms with van der Waals surface area (Å²) in [6.45, 7) is 2.45. The molecule has 406 valence electrons. The van der Waals surface area contributed by atoms with Gasteiger partial charge in [0.15, 0.2) is 38.8 Å². The molecule has 0 saturated carbocycles. The Morgan fingerprint density at radius 2 is 1.34 bits per heavy atom. The number of imide groups is 1. The van der Waals surface area contributed by atoms with Crippen LogP contribution in [0.3, 0.4) is 0 Å². The maximum Gasteiger partial charge on any atom is 0.250 e. The van der Waals surface area contributed by atoms with Crippen molar-refractivity contribution in [3.05, 3.63) is 29.8 Å². The monoisotopic (exact) mass is 1090 g/mol. The number of ether oxygens (including phenoxy) is 3. The fourth-order valence-corrected chi connectivity index (χ4v) is 10.6. The third-order valence-electron chi connectivity index (χ3n) is 11.3. The van der Waals surface area contributed by atoms with E-state index in [9.17, 15) is 67.1 Å². The zero-order valence-electron chi connectivity index (χ0n) is 41.8. The molecule has 1 aromatic carbocycles. The number of anilines is 1. The lowest BCUT2D eigenvalue weighted by Crippen LogP contribution is -2.53. The summed E-state index contributed by atoms with van der Waals surface area (Å²) in [5, 5.41) is 14.5. The molecule has 0 bridgehead atoms. The van der Waals surface area contributed by atoms with Crippen LogP contribution < -0.4 is 31.9 Å². The second-order valence-electron chi connectivity index (χ2n) is 16.8. The third-order valence-corrected chi connectivity index (χ3v) is 15.6. The average molecular weight is 1090 g/mol. The number of nitrogens with one attached hydrogen (secondary N) is 6. The molecule has 2 atom stereocenters. The van der Waals surface area contributed by atoms with Crippen molar-refractivity contribution in [3.8, 4) is 0 Å². The van der Waals surface area contributed by atoms with Crippen molar-refractivity contribution in [3.63, 3.8) is 0 Å². The summed E-state index contributed by atoms with van der Waals surface area (Å²) in [6, 6.07) is 5.38. The van der Waals surface area contributed by atoms with Crippen molar-refractivity contribution in [2.75, 3.05) is 83.9 Å². The number of thioether (sulfide) groups is 1. The Hall–Kier alpha value is -5.87. The summed E-state index contributed by atoms with van der Waals surface area (Å²) in [5.74, 6) is -8.22. The first kappa shape index (κ1) is 62.4. The molecule has 0 aliphatic carbocycles. The number of ketones is 6. The highest BCUT2D eigenvalue weighted by Gasteiger charge is 2.57. The maximum atomic E-state index is 13.3. The van der Waals surface area contributed by atoms with Crippen LogP contribution in [0.4, 0.5) is 5.69 Å². The number of Topliss-reactive ketones (excluding diaryl/α,β-unsaturated/α-hetero) is 6. The van der Waals surface area contributed by atoms with Gasteiger partial charge in [0.2, 0.25) is 52.7 Å². The second kappa shape index (κ2) is 31.1. The van der Waals surface area contributed by atoms with Crippen LogP contribution in [0.1, 0.15) is 71.8 Å². The Kier molecular flexibility index (Phi) is 26.3. The number of hydrogen-bond acceptors (Lipinski definition) is 20. The highest BCUT2D eigenvalue weighted by atomic mass is 33.2. The van der Waals surface area contributed by atoms with Gasteiger partial charge in [-0.25, -0.2) is 0 Å². The van der Waals surface area contributed by atoms with E-state index in [1.165, 1.54) is 14.0 Å². The first-order valence-corrected chi connectivity index (χ1v) is 26.6. The van der Waals surface area contributed by atoms with Gasteiger partial charge >= 0.3 is 0 Å². The van der Waals surface area contributed by atoms with Gasteiger partial charge < -0.3 is 46.1 Å². The van der Waals surface area contributed by atoms with E-state index in [0.717, 1.165) is 64.6 Å². The number of carbonyl (C=O) groups excluding carboxylic acids is 14. The third kappa shape index (κ3) is 19.4. The van der Waals surface area contributed by atoms with Crippen molar-refractivity contribution < 1.29 is 81.3 Å². The molecule has 24 nitrogen and oxygen atoms in total. The van der Waals surface area contributed by atoms with Crippen LogP contribution >= 0.6 is 33.3 Å². The molecular weight excluding hydrogens is 1030 g/mol. The van der Waals surface area contributed by atoms with Crippen molar-refractivity contribution in [1.29, 1.82) is 0 Å². The highest BCUT2D eigenvalue weighted by molar-refractivity contribution is 8.94. The molecular formula is C47H63N7O17S3. The molecule has 8 amide bonds. The van der Waals surface area contributed by atoms with Crippen molar-refractivity contribution >= 4 is 121 Å². The average Bonchev–Trinajstić information content (AvgIpc) is 4.12. The molecule has 3 rings (SSSR count). The number of benzene rings is 1. The number of amides is 8. The first-order valence-electron chi connectivity index (χ1n) is 23.4. The van der Waals surface area contributed by atoms with E-state index in [4.69, 9.17) is 14.2 Å². The summed E-state index contributed by atoms with van der Waals surface area (Å²) >= 11 is 1.04. The zero-order valence-corrected chi connectivity index (χ0v) is 44.3. The van der Waals surface area contributed by atoms with Gasteiger partial charge in [0.05, 0.1) is 31.7 Å². The predicted molar refractivity (Wildman–Crippen MR) is 270 cm³/mol. The minimum atomic E-state index is -2.37. The number of rotatable bonds is 37. The van der Waals surface area contributed by atoms with Gasteiger partial charge in [-0.05, 0) is 51.8 Å². The molecule has 2 saturated heterocycles. The summed E-state index contributed by atoms with van der Waals surface area (Å²) < 4.78 is 14.9. The first-order chi connectivity index (χ1) is 35.1. The quantitative estimate of drug-likeness (QED) is 0.0156. The minimum absolute atomic E-state index is 0.00519. The Bertz CT molecular complexity index is 2260. The van der Waals surface area contributed by atoms with Crippen LogP contribution in [-0.4, -0.2) is 181 Å². The molecule has 74 heavy (non-hydrogen) atoms. The van der Waals surface area contributed by atoms with Crippen LogP contribution in [0.15, 0.2) is 24.3 Å². The highest BCUT2D eigenvalue weighted by Crippen LogP contribution is 2.66. The molecule has 1 unspecified atom stereocenters. The molecule has 1 aromatic rings. The Labute approximate surface area is 439 Å². The molecule has 0 aromatic heterocycles. The van der Waals surface area contributed by atoms with Gasteiger partial charge in [0.25, 0.3) is 0 Å². The SMILES string of the molecule is CNC(=O)CCNC(=O)CCc1ccc(NC(=O)COCC(=O)NC[C@@H](NC(=O)CCSC2CC(=O)N(CCC(=O)C3(C(C)=O)SS3)C2=O)C(=O)NCCOCCOCCC(=O)C(C(C)=O)(C(C)=O)C(C)=O)cc1. The molecule has 0 radical (unpaired) electrons. The molecule has 27 heteroatoms. The fourth-order valence-electron chi connectivity index (χ4n) is 7.23. The van der Waals surface area contributed by atoms with Gasteiger partial charge in [-0.2, -0.15) is 0 Å². The standard InChI is InChI=1S/C47H63N7O17S3/c1-28(55)46(29(2)56,30(3)57)36(59)14-19-69-21-22-70-20-17-50-44(67)34(53-40(63)15-23-72-35-24-43(66)54(45(35)68)18-13-37(60)47(31(4)58)73-74-47)25-51-41(64)26-71-27-42(65)52-33-9-6-32(7-10-33)8-11-39(62)49-16-12-38(61)48-5/h6-7,9-10,34-35H,8,11-27H2,1-5H3,(H,48,61)(H,49,62)(H,50,67)(H,51,64)(H,52,65)(H,53,63)/t34-,35?/m1/s1. The number of nitrogens with zero attached hydrogens (tertiary/aromatic N) is 1. The van der Waals surface area contributed by atoms with Crippen LogP contribution in [0.25, 0.3) is 0 Å². The number of aryl methyl sites for hydroxylation is 1. The van der Waals surface area contributed by atoms with E-state index in [2.05, 4.69) is 31.9 Å². The van der Waals surface area contributed by atoms with Gasteiger partial charge in [-0.15, -0.1) is 11.8 Å². The van der Waals surface area contributed by atoms with Gasteiger partial charge in [0, 0.05) is 83.2 Å². The van der Waals surface area contributed by atoms with E-state index in [-0.39, 0.29) is 114 Å². The summed E-state index contributed by atoms with van der Waals surface area (Å²) in [4.78, 5) is 175. The molecule has 2 heterocycles. The van der Waals surface area contributed by atoms with E-state index in [0.29, 0.717) is 12.1 Å². The lowest BCUT2D eigenvalue weighted by Gasteiger charge is -2.23. The van der Waals surface area contributed by atoms with Crippen molar-refractivity contribution in [2.24, 2.45) is 5.41 Å². The van der Waals surface area contributed by atoms with Gasteiger partial charge in [-0.3, -0.25) is 72.0 Å². The maximum absolute atomic E-state index is 13.3. The smallest absolute Gasteiger partial charge is 0.250 e. The molecule has 0 spiro atoms. The molecule has 2 aliphatic rings. The summed E-state index contributed by atoms with van der Waals surface area (Å²) in [6.07, 6.45) is -0.128. The predicted octanol–water partition coefficient (Wildman–Crippen LogP) is -0.820. The van der Waals surface area contributed by atoms with Crippen LogP contribution in [0.5, 0.6) is 0 Å². The van der Waals surface area contributed by atoms with Crippen molar-refractivity contribution in [1.82, 2.24) is 31.5 Å². The molecule has 2 fully saturated rings. The topological polar surface area (TPSA) is 342 Å². The normalized spacial score (nSPS) is 15.0. The number of hydrogen-bond donors (Lipinski definition) is 6. The summed E-state index contributed by atoms with van der Waals surface area (Å²) in [7, 11) is 3.77. The van der Waals surface area contributed by atoms with Crippen LogP contribution in [-0.2, 0) is 87.8 Å². The number of likely N-dealkylation sites (tertiary alicyclic amines) is 1. The number of carbonyl (C=O) groups is 14. The Morgan fingerprint density at radius 3 is 1.95 bits per heavy atom. The molecule has 6 N–H and O–H groups in total. The van der Waals surface area contributed by atoms with Gasteiger partial charge in [0.1, 0.15) is 19.3 Å². The summed E-state index contributed by atoms with van der Waals surface area (Å²) in [5.41, 5.74) is -1.11. The van der Waals surface area contributed by atoms with Gasteiger partial charge in [-0.1, -0.05) is 33.7 Å². The zero-order chi connectivity index (χ0) is 55.0. The molecule has 2 aliphatic heterocycles. The lowest BCUT2D eigenvalue weighted by molar-refractivity contribution is -0.154. The van der Waals surface area contributed by atoms with E-state index in [1.807, 2.05) is 0 Å². The van der Waals surface area contributed by atoms with Crippen molar-refractivity contribution in [2.45, 2.75) is 88.0 Å². The minimum Gasteiger partial charge on any atom is -0.379 e. The Balaban J connectivity index is 1.46. The van der Waals surface area contributed by atoms with Crippen LogP contribution in [0, 0.1) is 5.41 Å². The second-order valence-corrected chi connectivity index (χ2v) is 20.9. The Morgan fingerprint density at radius 1 is 0.703 bits per heavy atom. The van der Waals surface area contributed by atoms with E-state index < -0.39 is 99.1 Å². The van der Waals surface area contributed by atoms with E-state index in [1.54, 1.807) is 24.3 Å². The fraction of sp³-hybridized carbons (Fsp3) is 0.574. The lowest BCUT2D eigenvalue weighted by atomic mass is 9.72. The van der Waals surface area contributed by atoms with E-state index >= 15 is 0 Å². The largest absolute Gasteiger partial charge is 0.379 e.